The minimum absolute atomic E-state index is 0.0910. The first kappa shape index (κ1) is 10.1. The number of carboxylic acids is 1. The van der Waals surface area contributed by atoms with Gasteiger partial charge in [-0.15, -0.1) is 0 Å². The average Bonchev–Trinajstić information content (AvgIpc) is 2.61. The summed E-state index contributed by atoms with van der Waals surface area (Å²) in [6.07, 6.45) is 5.48. The molecule has 0 aromatic rings. The van der Waals surface area contributed by atoms with Crippen molar-refractivity contribution in [2.24, 2.45) is 5.41 Å². The summed E-state index contributed by atoms with van der Waals surface area (Å²) in [7, 11) is -0.765. The molecular formula is C10H16O3S. The van der Waals surface area contributed by atoms with Crippen molar-refractivity contribution in [3.63, 3.8) is 0 Å². The van der Waals surface area contributed by atoms with Crippen molar-refractivity contribution in [3.8, 4) is 0 Å². The van der Waals surface area contributed by atoms with E-state index in [2.05, 4.69) is 0 Å². The summed E-state index contributed by atoms with van der Waals surface area (Å²) in [6.45, 7) is 0. The third kappa shape index (κ3) is 2.16. The minimum Gasteiger partial charge on any atom is -0.481 e. The summed E-state index contributed by atoms with van der Waals surface area (Å²) in [5.74, 6) is -0.114. The zero-order chi connectivity index (χ0) is 10.2. The molecule has 2 aliphatic carbocycles. The third-order valence-electron chi connectivity index (χ3n) is 3.36. The van der Waals surface area contributed by atoms with Gasteiger partial charge in [0, 0.05) is 21.8 Å². The zero-order valence-electron chi connectivity index (χ0n) is 8.20. The Kier molecular flexibility index (Phi) is 2.64. The molecule has 0 aromatic carbocycles. The highest BCUT2D eigenvalue weighted by Crippen LogP contribution is 2.50. The van der Waals surface area contributed by atoms with E-state index in [4.69, 9.17) is 5.11 Å². The van der Waals surface area contributed by atoms with E-state index in [0.29, 0.717) is 11.0 Å². The van der Waals surface area contributed by atoms with Gasteiger partial charge in [-0.05, 0) is 31.1 Å². The molecule has 80 valence electrons. The average molecular weight is 216 g/mol. The predicted octanol–water partition coefficient (Wildman–Crippen LogP) is 1.54. The number of hydrogen-bond donors (Lipinski definition) is 1. The van der Waals surface area contributed by atoms with Crippen LogP contribution in [0.1, 0.15) is 38.5 Å². The molecule has 4 heteroatoms. The topological polar surface area (TPSA) is 54.4 Å². The van der Waals surface area contributed by atoms with E-state index in [1.54, 1.807) is 0 Å². The molecule has 1 unspecified atom stereocenters. The fourth-order valence-corrected chi connectivity index (χ4v) is 4.01. The predicted molar refractivity (Wildman–Crippen MR) is 54.6 cm³/mol. The fraction of sp³-hybridized carbons (Fsp3) is 0.900. The number of hydrogen-bond acceptors (Lipinski definition) is 2. The van der Waals surface area contributed by atoms with Gasteiger partial charge in [-0.3, -0.25) is 9.00 Å². The van der Waals surface area contributed by atoms with Crippen LogP contribution in [0.25, 0.3) is 0 Å². The Hall–Kier alpha value is -0.380. The van der Waals surface area contributed by atoms with Crippen molar-refractivity contribution in [1.29, 1.82) is 0 Å². The lowest BCUT2D eigenvalue weighted by atomic mass is 10.00. The fourth-order valence-electron chi connectivity index (χ4n) is 1.92. The Balaban J connectivity index is 1.83. The smallest absolute Gasteiger partial charge is 0.303 e. The van der Waals surface area contributed by atoms with E-state index < -0.39 is 16.8 Å². The molecule has 2 saturated carbocycles. The first-order valence-corrected chi connectivity index (χ1v) is 6.59. The van der Waals surface area contributed by atoms with Crippen LogP contribution < -0.4 is 0 Å². The summed E-state index contributed by atoms with van der Waals surface area (Å²) in [6, 6.07) is 0. The van der Waals surface area contributed by atoms with Crippen LogP contribution in [-0.4, -0.2) is 26.3 Å². The van der Waals surface area contributed by atoms with Crippen molar-refractivity contribution in [3.05, 3.63) is 0 Å². The molecule has 2 fully saturated rings. The van der Waals surface area contributed by atoms with Crippen LogP contribution in [0.5, 0.6) is 0 Å². The van der Waals surface area contributed by atoms with Gasteiger partial charge in [0.15, 0.2) is 0 Å². The maximum Gasteiger partial charge on any atom is 0.303 e. The molecule has 1 atom stereocenters. The quantitative estimate of drug-likeness (QED) is 0.758. The minimum atomic E-state index is -0.765. The maximum absolute atomic E-state index is 11.8. The van der Waals surface area contributed by atoms with Crippen molar-refractivity contribution >= 4 is 16.8 Å². The van der Waals surface area contributed by atoms with Gasteiger partial charge in [0.2, 0.25) is 0 Å². The molecule has 2 rings (SSSR count). The lowest BCUT2D eigenvalue weighted by molar-refractivity contribution is -0.138. The van der Waals surface area contributed by atoms with Crippen LogP contribution in [0.15, 0.2) is 0 Å². The molecule has 0 aromatic heterocycles. The maximum atomic E-state index is 11.8. The number of carbonyl (C=O) groups is 1. The lowest BCUT2D eigenvalue weighted by Crippen LogP contribution is -2.29. The van der Waals surface area contributed by atoms with Gasteiger partial charge < -0.3 is 5.11 Å². The molecular weight excluding hydrogens is 200 g/mol. The Morgan fingerprint density at radius 3 is 2.43 bits per heavy atom. The van der Waals surface area contributed by atoms with Crippen LogP contribution in [-0.2, 0) is 15.6 Å². The van der Waals surface area contributed by atoms with Crippen molar-refractivity contribution in [2.45, 2.75) is 43.8 Å². The van der Waals surface area contributed by atoms with Crippen molar-refractivity contribution in [2.75, 3.05) is 5.75 Å². The zero-order valence-corrected chi connectivity index (χ0v) is 9.02. The molecule has 0 aliphatic heterocycles. The third-order valence-corrected chi connectivity index (χ3v) is 5.47. The highest BCUT2D eigenvalue weighted by molar-refractivity contribution is 7.85. The van der Waals surface area contributed by atoms with E-state index in [-0.39, 0.29) is 11.8 Å². The SMILES string of the molecule is O=C(O)CC1(CS(=O)C2CCC2)CC1. The van der Waals surface area contributed by atoms with Crippen LogP contribution in [0.4, 0.5) is 0 Å². The first-order chi connectivity index (χ1) is 6.61. The highest BCUT2D eigenvalue weighted by atomic mass is 32.2. The second-order valence-electron chi connectivity index (χ2n) is 4.65. The highest BCUT2D eigenvalue weighted by Gasteiger charge is 2.46. The molecule has 2 aliphatic rings. The van der Waals surface area contributed by atoms with Gasteiger partial charge in [0.05, 0.1) is 6.42 Å². The molecule has 14 heavy (non-hydrogen) atoms. The Bertz CT molecular complexity index is 267. The summed E-state index contributed by atoms with van der Waals surface area (Å²) >= 11 is 0. The van der Waals surface area contributed by atoms with Gasteiger partial charge in [-0.1, -0.05) is 6.42 Å². The van der Waals surface area contributed by atoms with Crippen LogP contribution in [0.3, 0.4) is 0 Å². The van der Waals surface area contributed by atoms with Crippen LogP contribution in [0.2, 0.25) is 0 Å². The largest absolute Gasteiger partial charge is 0.481 e. The number of rotatable bonds is 5. The van der Waals surface area contributed by atoms with Gasteiger partial charge >= 0.3 is 5.97 Å². The van der Waals surface area contributed by atoms with Gasteiger partial charge in [-0.2, -0.15) is 0 Å². The Morgan fingerprint density at radius 2 is 2.07 bits per heavy atom. The number of aliphatic carboxylic acids is 1. The van der Waals surface area contributed by atoms with Crippen molar-refractivity contribution < 1.29 is 14.1 Å². The van der Waals surface area contributed by atoms with Crippen LogP contribution in [0, 0.1) is 5.41 Å². The monoisotopic (exact) mass is 216 g/mol. The number of carboxylic acid groups (broad SMARTS) is 1. The molecule has 0 saturated heterocycles. The lowest BCUT2D eigenvalue weighted by Gasteiger charge is -2.26. The van der Waals surface area contributed by atoms with E-state index in [1.165, 1.54) is 6.42 Å². The molecule has 0 heterocycles. The van der Waals surface area contributed by atoms with E-state index >= 15 is 0 Å². The normalized spacial score (nSPS) is 26.6. The van der Waals surface area contributed by atoms with Gasteiger partial charge in [-0.25, -0.2) is 0 Å². The summed E-state index contributed by atoms with van der Waals surface area (Å²) in [4.78, 5) is 10.6. The van der Waals surface area contributed by atoms with E-state index in [0.717, 1.165) is 25.7 Å². The second-order valence-corrected chi connectivity index (χ2v) is 6.37. The van der Waals surface area contributed by atoms with E-state index in [1.807, 2.05) is 0 Å². The summed E-state index contributed by atoms with van der Waals surface area (Å²) in [5.41, 5.74) is -0.0910. The molecule has 0 radical (unpaired) electrons. The van der Waals surface area contributed by atoms with Gasteiger partial charge in [0.25, 0.3) is 0 Å². The first-order valence-electron chi connectivity index (χ1n) is 5.20. The molecule has 0 amide bonds. The van der Waals surface area contributed by atoms with Gasteiger partial charge in [0.1, 0.15) is 0 Å². The van der Waals surface area contributed by atoms with Crippen LogP contribution >= 0.6 is 0 Å². The van der Waals surface area contributed by atoms with E-state index in [9.17, 15) is 9.00 Å². The molecule has 0 spiro atoms. The molecule has 1 N–H and O–H groups in total. The van der Waals surface area contributed by atoms with Crippen molar-refractivity contribution in [1.82, 2.24) is 0 Å². The second kappa shape index (κ2) is 3.65. The summed E-state index contributed by atoms with van der Waals surface area (Å²) in [5, 5.41) is 9.09. The molecule has 0 bridgehead atoms. The summed E-state index contributed by atoms with van der Waals surface area (Å²) < 4.78 is 11.8. The molecule has 3 nitrogen and oxygen atoms in total. The Labute approximate surface area is 86.3 Å². The Morgan fingerprint density at radius 1 is 1.43 bits per heavy atom. The standard InChI is InChI=1S/C10H16O3S/c11-9(12)6-10(4-5-10)7-14(13)8-2-1-3-8/h8H,1-7H2,(H,11,12).